The molecule has 1 aliphatic heterocycles. The van der Waals surface area contributed by atoms with E-state index >= 15 is 0 Å². The fourth-order valence-corrected chi connectivity index (χ4v) is 3.57. The van der Waals surface area contributed by atoms with E-state index in [9.17, 15) is 18.3 Å². The van der Waals surface area contributed by atoms with E-state index in [1.54, 1.807) is 0 Å². The largest absolute Gasteiger partial charge is 0.401 e. The summed E-state index contributed by atoms with van der Waals surface area (Å²) >= 11 is 0. The van der Waals surface area contributed by atoms with E-state index in [0.717, 1.165) is 32.2 Å². The Labute approximate surface area is 124 Å². The molecular formula is C14H26F3N3O. The van der Waals surface area contributed by atoms with Crippen molar-refractivity contribution in [3.8, 4) is 0 Å². The van der Waals surface area contributed by atoms with Crippen molar-refractivity contribution in [2.75, 3.05) is 45.8 Å². The molecule has 7 heteroatoms. The zero-order valence-corrected chi connectivity index (χ0v) is 12.4. The van der Waals surface area contributed by atoms with Gasteiger partial charge in [0.05, 0.1) is 12.1 Å². The number of hydrogen-bond donors (Lipinski definition) is 2. The van der Waals surface area contributed by atoms with Crippen molar-refractivity contribution in [2.45, 2.75) is 37.5 Å². The molecular weight excluding hydrogens is 283 g/mol. The van der Waals surface area contributed by atoms with Gasteiger partial charge in [-0.2, -0.15) is 13.2 Å². The second kappa shape index (κ2) is 6.81. The average molecular weight is 309 g/mol. The Hall–Kier alpha value is -0.370. The molecule has 0 spiro atoms. The summed E-state index contributed by atoms with van der Waals surface area (Å²) in [6.45, 7) is 2.60. The lowest BCUT2D eigenvalue weighted by Crippen LogP contribution is -2.50. The Kier molecular flexibility index (Phi) is 5.51. The zero-order valence-electron chi connectivity index (χ0n) is 12.4. The first kappa shape index (κ1) is 17.0. The molecule has 0 aromatic rings. The molecule has 2 rings (SSSR count). The number of aliphatic hydroxyl groups is 1. The van der Waals surface area contributed by atoms with Gasteiger partial charge in [0.25, 0.3) is 0 Å². The standard InChI is InChI=1S/C14H26F3N3O/c15-14(16,17)11-20-8-6-19(7-9-20)5-3-12-2-1-4-13(12,21)10-18/h12,21H,1-11,18H2. The summed E-state index contributed by atoms with van der Waals surface area (Å²) in [5.74, 6) is 0.232. The van der Waals surface area contributed by atoms with Crippen molar-refractivity contribution in [1.82, 2.24) is 9.80 Å². The number of alkyl halides is 3. The minimum Gasteiger partial charge on any atom is -0.388 e. The van der Waals surface area contributed by atoms with Crippen LogP contribution in [0.2, 0.25) is 0 Å². The fourth-order valence-electron chi connectivity index (χ4n) is 3.57. The van der Waals surface area contributed by atoms with Crippen LogP contribution in [-0.2, 0) is 0 Å². The molecule has 0 radical (unpaired) electrons. The first-order chi connectivity index (χ1) is 9.82. The van der Waals surface area contributed by atoms with Gasteiger partial charge in [0, 0.05) is 32.7 Å². The molecule has 2 unspecified atom stereocenters. The smallest absolute Gasteiger partial charge is 0.388 e. The van der Waals surface area contributed by atoms with Crippen LogP contribution in [0.15, 0.2) is 0 Å². The van der Waals surface area contributed by atoms with Gasteiger partial charge in [0.1, 0.15) is 0 Å². The molecule has 0 amide bonds. The average Bonchev–Trinajstić information content (AvgIpc) is 2.78. The number of halogens is 3. The molecule has 1 saturated heterocycles. The maximum Gasteiger partial charge on any atom is 0.401 e. The summed E-state index contributed by atoms with van der Waals surface area (Å²) in [6.07, 6.45) is -0.441. The summed E-state index contributed by atoms with van der Waals surface area (Å²) in [6, 6.07) is 0. The lowest BCUT2D eigenvalue weighted by molar-refractivity contribution is -0.149. The molecule has 2 atom stereocenters. The van der Waals surface area contributed by atoms with Crippen molar-refractivity contribution in [3.63, 3.8) is 0 Å². The topological polar surface area (TPSA) is 52.7 Å². The molecule has 1 saturated carbocycles. The number of hydrogen-bond acceptors (Lipinski definition) is 4. The predicted molar refractivity (Wildman–Crippen MR) is 74.9 cm³/mol. The molecule has 4 nitrogen and oxygen atoms in total. The third-order valence-electron chi connectivity index (χ3n) is 4.94. The first-order valence-corrected chi connectivity index (χ1v) is 7.76. The molecule has 3 N–H and O–H groups in total. The minimum absolute atomic E-state index is 0.232. The Bertz CT molecular complexity index is 332. The van der Waals surface area contributed by atoms with Gasteiger partial charge in [-0.05, 0) is 31.7 Å². The summed E-state index contributed by atoms with van der Waals surface area (Å²) in [4.78, 5) is 3.66. The summed E-state index contributed by atoms with van der Waals surface area (Å²) in [7, 11) is 0. The highest BCUT2D eigenvalue weighted by Crippen LogP contribution is 2.37. The normalized spacial score (nSPS) is 32.7. The van der Waals surface area contributed by atoms with Crippen LogP contribution in [0.3, 0.4) is 0 Å². The Morgan fingerprint density at radius 1 is 1.14 bits per heavy atom. The Balaban J connectivity index is 1.70. The molecule has 21 heavy (non-hydrogen) atoms. The molecule has 0 bridgehead atoms. The van der Waals surface area contributed by atoms with Crippen molar-refractivity contribution < 1.29 is 18.3 Å². The highest BCUT2D eigenvalue weighted by atomic mass is 19.4. The highest BCUT2D eigenvalue weighted by Gasteiger charge is 2.39. The minimum atomic E-state index is -4.11. The zero-order chi connectivity index (χ0) is 15.5. The van der Waals surface area contributed by atoms with Crippen molar-refractivity contribution >= 4 is 0 Å². The lowest BCUT2D eigenvalue weighted by atomic mass is 9.88. The van der Waals surface area contributed by atoms with Crippen LogP contribution < -0.4 is 5.73 Å². The van der Waals surface area contributed by atoms with Crippen LogP contribution in [0.25, 0.3) is 0 Å². The van der Waals surface area contributed by atoms with Gasteiger partial charge >= 0.3 is 6.18 Å². The van der Waals surface area contributed by atoms with E-state index in [4.69, 9.17) is 5.73 Å². The van der Waals surface area contributed by atoms with E-state index in [1.807, 2.05) is 0 Å². The van der Waals surface area contributed by atoms with Gasteiger partial charge in [-0.3, -0.25) is 4.90 Å². The molecule has 1 aliphatic carbocycles. The number of nitrogens with two attached hydrogens (primary N) is 1. The maximum absolute atomic E-state index is 12.3. The lowest BCUT2D eigenvalue weighted by Gasteiger charge is -2.36. The molecule has 2 aliphatic rings. The van der Waals surface area contributed by atoms with E-state index in [1.165, 1.54) is 4.90 Å². The molecule has 2 fully saturated rings. The molecule has 0 aromatic heterocycles. The fraction of sp³-hybridized carbons (Fsp3) is 1.00. The van der Waals surface area contributed by atoms with Gasteiger partial charge in [-0.15, -0.1) is 0 Å². The van der Waals surface area contributed by atoms with Crippen LogP contribution in [0.1, 0.15) is 25.7 Å². The van der Waals surface area contributed by atoms with E-state index in [2.05, 4.69) is 4.90 Å². The molecule has 0 aromatic carbocycles. The third-order valence-corrected chi connectivity index (χ3v) is 4.94. The number of piperazine rings is 1. The quantitative estimate of drug-likeness (QED) is 0.797. The number of rotatable bonds is 5. The first-order valence-electron chi connectivity index (χ1n) is 7.76. The van der Waals surface area contributed by atoms with E-state index in [-0.39, 0.29) is 5.92 Å². The summed E-state index contributed by atoms with van der Waals surface area (Å²) in [5, 5.41) is 10.4. The monoisotopic (exact) mass is 309 g/mol. The molecule has 1 heterocycles. The van der Waals surface area contributed by atoms with E-state index < -0.39 is 18.3 Å². The second-order valence-corrected chi connectivity index (χ2v) is 6.42. The Morgan fingerprint density at radius 3 is 2.33 bits per heavy atom. The number of nitrogens with zero attached hydrogens (tertiary/aromatic N) is 2. The third kappa shape index (κ3) is 4.81. The van der Waals surface area contributed by atoms with Crippen molar-refractivity contribution in [2.24, 2.45) is 11.7 Å². The van der Waals surface area contributed by atoms with Gasteiger partial charge in [0.2, 0.25) is 0 Å². The van der Waals surface area contributed by atoms with Crippen molar-refractivity contribution in [3.05, 3.63) is 0 Å². The van der Waals surface area contributed by atoms with Crippen LogP contribution >= 0.6 is 0 Å². The highest BCUT2D eigenvalue weighted by molar-refractivity contribution is 4.93. The van der Waals surface area contributed by atoms with E-state index in [0.29, 0.717) is 32.7 Å². The van der Waals surface area contributed by atoms with Crippen LogP contribution in [-0.4, -0.2) is 72.5 Å². The van der Waals surface area contributed by atoms with Gasteiger partial charge in [-0.25, -0.2) is 0 Å². The van der Waals surface area contributed by atoms with Crippen LogP contribution in [0, 0.1) is 5.92 Å². The van der Waals surface area contributed by atoms with Crippen molar-refractivity contribution in [1.29, 1.82) is 0 Å². The SMILES string of the molecule is NCC1(O)CCCC1CCN1CCN(CC(F)(F)F)CC1. The Morgan fingerprint density at radius 2 is 1.76 bits per heavy atom. The van der Waals surface area contributed by atoms with Gasteiger partial charge < -0.3 is 15.7 Å². The summed E-state index contributed by atoms with van der Waals surface area (Å²) < 4.78 is 37.0. The second-order valence-electron chi connectivity index (χ2n) is 6.42. The van der Waals surface area contributed by atoms with Gasteiger partial charge in [0.15, 0.2) is 0 Å². The summed E-state index contributed by atoms with van der Waals surface area (Å²) in [5.41, 5.74) is 4.94. The molecule has 124 valence electrons. The van der Waals surface area contributed by atoms with Gasteiger partial charge in [-0.1, -0.05) is 6.42 Å². The van der Waals surface area contributed by atoms with Crippen LogP contribution in [0.5, 0.6) is 0 Å². The maximum atomic E-state index is 12.3. The van der Waals surface area contributed by atoms with Crippen LogP contribution in [0.4, 0.5) is 13.2 Å². The predicted octanol–water partition coefficient (Wildman–Crippen LogP) is 1.05.